The van der Waals surface area contributed by atoms with Crippen LogP contribution in [0.1, 0.15) is 12.0 Å². The molecule has 0 amide bonds. The van der Waals surface area contributed by atoms with E-state index in [1.54, 1.807) is 24.3 Å². The van der Waals surface area contributed by atoms with Crippen LogP contribution < -0.4 is 0 Å². The lowest BCUT2D eigenvalue weighted by Gasteiger charge is -2.03. The molecule has 0 spiro atoms. The van der Waals surface area contributed by atoms with Gasteiger partial charge in [0.1, 0.15) is 13.0 Å². The molecule has 1 rings (SSSR count). The number of hydrogen-bond acceptors (Lipinski definition) is 2. The van der Waals surface area contributed by atoms with Crippen molar-refractivity contribution in [2.45, 2.75) is 19.5 Å². The van der Waals surface area contributed by atoms with Crippen molar-refractivity contribution in [3.8, 4) is 0 Å². The summed E-state index contributed by atoms with van der Waals surface area (Å²) in [6.45, 7) is 0.0480. The van der Waals surface area contributed by atoms with Crippen molar-refractivity contribution in [1.82, 2.24) is 0 Å². The van der Waals surface area contributed by atoms with Crippen molar-refractivity contribution in [3.05, 3.63) is 35.9 Å². The van der Waals surface area contributed by atoms with Gasteiger partial charge in [-0.25, -0.2) is 8.78 Å². The van der Waals surface area contributed by atoms with E-state index in [9.17, 15) is 13.6 Å². The van der Waals surface area contributed by atoms with Crippen LogP contribution in [0.25, 0.3) is 0 Å². The van der Waals surface area contributed by atoms with Crippen LogP contribution in [0.5, 0.6) is 0 Å². The molecule has 1 aromatic carbocycles. The topological polar surface area (TPSA) is 26.3 Å². The molecular formula is C10H10F2O2. The van der Waals surface area contributed by atoms with E-state index in [1.165, 1.54) is 0 Å². The minimum Gasteiger partial charge on any atom is -0.461 e. The summed E-state index contributed by atoms with van der Waals surface area (Å²) in [6.07, 6.45) is -3.48. The number of carbonyl (C=O) groups excluding carboxylic acids is 1. The first-order valence-electron chi connectivity index (χ1n) is 4.16. The molecule has 0 heterocycles. The fraction of sp³-hybridized carbons (Fsp3) is 0.300. The van der Waals surface area contributed by atoms with E-state index < -0.39 is 18.8 Å². The average Bonchev–Trinajstić information content (AvgIpc) is 2.15. The maximum Gasteiger partial charge on any atom is 0.311 e. The molecule has 76 valence electrons. The molecule has 0 unspecified atom stereocenters. The molecule has 0 saturated carbocycles. The van der Waals surface area contributed by atoms with Gasteiger partial charge in [-0.15, -0.1) is 0 Å². The summed E-state index contributed by atoms with van der Waals surface area (Å²) in [5.74, 6) is -0.871. The van der Waals surface area contributed by atoms with Gasteiger partial charge in [0.25, 0.3) is 0 Å². The second-order valence-corrected chi connectivity index (χ2v) is 2.74. The third-order valence-corrected chi connectivity index (χ3v) is 1.56. The van der Waals surface area contributed by atoms with Crippen LogP contribution in [0, 0.1) is 0 Å². The van der Waals surface area contributed by atoms with Gasteiger partial charge >= 0.3 is 5.97 Å². The standard InChI is InChI=1S/C10H10F2O2/c11-9(12)6-10(13)14-7-8-4-2-1-3-5-8/h1-5,9H,6-7H2. The van der Waals surface area contributed by atoms with Gasteiger partial charge in [-0.05, 0) is 5.56 Å². The zero-order chi connectivity index (χ0) is 10.4. The second kappa shape index (κ2) is 5.32. The Kier molecular flexibility index (Phi) is 4.04. The Balaban J connectivity index is 2.31. The molecule has 2 nitrogen and oxygen atoms in total. The molecule has 1 aromatic rings. The lowest BCUT2D eigenvalue weighted by molar-refractivity contribution is -0.147. The van der Waals surface area contributed by atoms with E-state index in [4.69, 9.17) is 0 Å². The van der Waals surface area contributed by atoms with Gasteiger partial charge in [-0.3, -0.25) is 4.79 Å². The highest BCUT2D eigenvalue weighted by Gasteiger charge is 2.11. The summed E-state index contributed by atoms with van der Waals surface area (Å²) < 4.78 is 28.0. The van der Waals surface area contributed by atoms with Gasteiger partial charge in [0.2, 0.25) is 6.43 Å². The molecule has 14 heavy (non-hydrogen) atoms. The Morgan fingerprint density at radius 3 is 2.50 bits per heavy atom. The van der Waals surface area contributed by atoms with Crippen LogP contribution in [0.3, 0.4) is 0 Å². The monoisotopic (exact) mass is 200 g/mol. The smallest absolute Gasteiger partial charge is 0.311 e. The molecule has 0 N–H and O–H groups in total. The zero-order valence-electron chi connectivity index (χ0n) is 7.45. The van der Waals surface area contributed by atoms with Crippen molar-refractivity contribution in [2.75, 3.05) is 0 Å². The molecule has 0 aliphatic carbocycles. The molecule has 0 aliphatic rings. The van der Waals surface area contributed by atoms with Gasteiger partial charge in [0.15, 0.2) is 0 Å². The largest absolute Gasteiger partial charge is 0.461 e. The van der Waals surface area contributed by atoms with E-state index in [0.717, 1.165) is 5.56 Å². The minimum absolute atomic E-state index is 0.0480. The Morgan fingerprint density at radius 1 is 1.29 bits per heavy atom. The second-order valence-electron chi connectivity index (χ2n) is 2.74. The van der Waals surface area contributed by atoms with E-state index in [1.807, 2.05) is 6.07 Å². The van der Waals surface area contributed by atoms with E-state index >= 15 is 0 Å². The van der Waals surface area contributed by atoms with Crippen molar-refractivity contribution < 1.29 is 18.3 Å². The molecule has 0 atom stereocenters. The third-order valence-electron chi connectivity index (χ3n) is 1.56. The maximum atomic E-state index is 11.7. The molecule has 0 radical (unpaired) electrons. The Hall–Kier alpha value is -1.45. The lowest BCUT2D eigenvalue weighted by atomic mass is 10.2. The first-order valence-corrected chi connectivity index (χ1v) is 4.16. The number of benzene rings is 1. The summed E-state index contributed by atoms with van der Waals surface area (Å²) >= 11 is 0. The fourth-order valence-electron chi connectivity index (χ4n) is 0.923. The molecule has 0 fully saturated rings. The van der Waals surface area contributed by atoms with Gasteiger partial charge in [-0.1, -0.05) is 30.3 Å². The molecule has 0 aliphatic heterocycles. The van der Waals surface area contributed by atoms with Gasteiger partial charge in [-0.2, -0.15) is 0 Å². The fourth-order valence-corrected chi connectivity index (χ4v) is 0.923. The summed E-state index contributed by atoms with van der Waals surface area (Å²) in [4.78, 5) is 10.7. The molecule has 0 bridgehead atoms. The Morgan fingerprint density at radius 2 is 1.93 bits per heavy atom. The predicted octanol–water partition coefficient (Wildman–Crippen LogP) is 2.39. The summed E-state index contributed by atoms with van der Waals surface area (Å²) in [6, 6.07) is 8.92. The molecule has 0 saturated heterocycles. The summed E-state index contributed by atoms with van der Waals surface area (Å²) in [5.41, 5.74) is 0.787. The first-order chi connectivity index (χ1) is 6.68. The SMILES string of the molecule is O=C(CC(F)F)OCc1ccccc1. The quantitative estimate of drug-likeness (QED) is 0.697. The summed E-state index contributed by atoms with van der Waals surface area (Å²) in [5, 5.41) is 0. The summed E-state index contributed by atoms with van der Waals surface area (Å²) in [7, 11) is 0. The third kappa shape index (κ3) is 3.98. The number of rotatable bonds is 4. The van der Waals surface area contributed by atoms with Crippen LogP contribution in [0.4, 0.5) is 8.78 Å². The number of hydrogen-bond donors (Lipinski definition) is 0. The van der Waals surface area contributed by atoms with Gasteiger partial charge < -0.3 is 4.74 Å². The van der Waals surface area contributed by atoms with E-state index in [-0.39, 0.29) is 6.61 Å². The highest BCUT2D eigenvalue weighted by atomic mass is 19.3. The van der Waals surface area contributed by atoms with Crippen LogP contribution >= 0.6 is 0 Å². The van der Waals surface area contributed by atoms with Crippen LogP contribution in [0.2, 0.25) is 0 Å². The van der Waals surface area contributed by atoms with Crippen molar-refractivity contribution in [1.29, 1.82) is 0 Å². The number of carbonyl (C=O) groups is 1. The zero-order valence-corrected chi connectivity index (χ0v) is 7.45. The van der Waals surface area contributed by atoms with E-state index in [0.29, 0.717) is 0 Å². The minimum atomic E-state index is -2.64. The van der Waals surface area contributed by atoms with Crippen LogP contribution in [0.15, 0.2) is 30.3 Å². The molecule has 4 heteroatoms. The lowest BCUT2D eigenvalue weighted by Crippen LogP contribution is -2.08. The maximum absolute atomic E-state index is 11.7. The van der Waals surface area contributed by atoms with Crippen molar-refractivity contribution in [3.63, 3.8) is 0 Å². The van der Waals surface area contributed by atoms with Gasteiger partial charge in [0.05, 0.1) is 0 Å². The molecular weight excluding hydrogens is 190 g/mol. The van der Waals surface area contributed by atoms with Crippen molar-refractivity contribution in [2.24, 2.45) is 0 Å². The predicted molar refractivity (Wildman–Crippen MR) is 46.9 cm³/mol. The van der Waals surface area contributed by atoms with Crippen molar-refractivity contribution >= 4 is 5.97 Å². The first kappa shape index (κ1) is 10.6. The number of halogens is 2. The number of ether oxygens (including phenoxy) is 1. The van der Waals surface area contributed by atoms with Crippen LogP contribution in [-0.4, -0.2) is 12.4 Å². The number of esters is 1. The van der Waals surface area contributed by atoms with Crippen LogP contribution in [-0.2, 0) is 16.1 Å². The Bertz CT molecular complexity index is 285. The average molecular weight is 200 g/mol. The Labute approximate surface area is 80.5 Å². The highest BCUT2D eigenvalue weighted by molar-refractivity contribution is 5.69. The highest BCUT2D eigenvalue weighted by Crippen LogP contribution is 2.04. The van der Waals surface area contributed by atoms with E-state index in [2.05, 4.69) is 4.74 Å². The molecule has 0 aromatic heterocycles. The number of alkyl halides is 2. The normalized spacial score (nSPS) is 10.2. The van der Waals surface area contributed by atoms with Gasteiger partial charge in [0, 0.05) is 0 Å².